The van der Waals surface area contributed by atoms with E-state index < -0.39 is 23.1 Å². The highest BCUT2D eigenvalue weighted by Crippen LogP contribution is 2.54. The summed E-state index contributed by atoms with van der Waals surface area (Å²) < 4.78 is 51.5. The third-order valence-corrected chi connectivity index (χ3v) is 3.43. The molecule has 0 aromatic heterocycles. The number of alkyl halides is 3. The van der Waals surface area contributed by atoms with Crippen molar-refractivity contribution in [2.75, 3.05) is 0 Å². The maximum atomic E-state index is 13.1. The minimum absolute atomic E-state index is 0.00500. The average Bonchev–Trinajstić information content (AvgIpc) is 2.89. The average molecular weight is 247 g/mol. The summed E-state index contributed by atoms with van der Waals surface area (Å²) in [6, 6.07) is 2.50. The molecular formula is C12H13F4N. The van der Waals surface area contributed by atoms with E-state index in [2.05, 4.69) is 0 Å². The summed E-state index contributed by atoms with van der Waals surface area (Å²) in [6.07, 6.45) is -3.31. The van der Waals surface area contributed by atoms with Gasteiger partial charge in [0.25, 0.3) is 0 Å². The minimum atomic E-state index is -4.49. The highest BCUT2D eigenvalue weighted by molar-refractivity contribution is 5.41. The molecule has 0 heterocycles. The number of halogens is 4. The zero-order valence-corrected chi connectivity index (χ0v) is 9.31. The Bertz CT molecular complexity index is 441. The van der Waals surface area contributed by atoms with Gasteiger partial charge in [0, 0.05) is 5.54 Å². The van der Waals surface area contributed by atoms with Gasteiger partial charge in [0.15, 0.2) is 0 Å². The predicted molar refractivity (Wildman–Crippen MR) is 55.7 cm³/mol. The number of hydrogen-bond donors (Lipinski definition) is 1. The third-order valence-electron chi connectivity index (χ3n) is 3.43. The van der Waals surface area contributed by atoms with E-state index in [0.29, 0.717) is 12.8 Å². The Balaban J connectivity index is 2.50. The Morgan fingerprint density at radius 3 is 2.53 bits per heavy atom. The van der Waals surface area contributed by atoms with E-state index in [4.69, 9.17) is 5.73 Å². The van der Waals surface area contributed by atoms with Crippen molar-refractivity contribution in [2.24, 2.45) is 11.7 Å². The molecule has 5 heteroatoms. The molecule has 0 spiro atoms. The Morgan fingerprint density at radius 2 is 2.06 bits per heavy atom. The molecule has 1 aliphatic carbocycles. The van der Waals surface area contributed by atoms with Gasteiger partial charge in [0.2, 0.25) is 0 Å². The van der Waals surface area contributed by atoms with Gasteiger partial charge in [0.1, 0.15) is 5.82 Å². The first-order valence-corrected chi connectivity index (χ1v) is 5.45. The summed E-state index contributed by atoms with van der Waals surface area (Å²) in [5.74, 6) is -0.676. The lowest BCUT2D eigenvalue weighted by Gasteiger charge is -2.18. The van der Waals surface area contributed by atoms with Gasteiger partial charge in [-0.1, -0.05) is 13.3 Å². The van der Waals surface area contributed by atoms with Crippen molar-refractivity contribution in [2.45, 2.75) is 31.5 Å². The number of hydrogen-bond acceptors (Lipinski definition) is 1. The van der Waals surface area contributed by atoms with Gasteiger partial charge in [-0.05, 0) is 36.1 Å². The molecule has 2 rings (SSSR count). The first-order chi connectivity index (χ1) is 7.79. The Labute approximate surface area is 96.6 Å². The molecule has 0 radical (unpaired) electrons. The second-order valence-electron chi connectivity index (χ2n) is 4.54. The lowest BCUT2D eigenvalue weighted by atomic mass is 9.96. The molecule has 0 saturated heterocycles. The molecule has 1 saturated carbocycles. The number of nitrogens with two attached hydrogens (primary N) is 1. The second kappa shape index (κ2) is 3.70. The van der Waals surface area contributed by atoms with Crippen LogP contribution >= 0.6 is 0 Å². The van der Waals surface area contributed by atoms with E-state index in [-0.39, 0.29) is 11.5 Å². The third kappa shape index (κ3) is 2.04. The van der Waals surface area contributed by atoms with Gasteiger partial charge in [-0.3, -0.25) is 0 Å². The monoisotopic (exact) mass is 247 g/mol. The second-order valence-corrected chi connectivity index (χ2v) is 4.54. The van der Waals surface area contributed by atoms with E-state index >= 15 is 0 Å². The highest BCUT2D eigenvalue weighted by atomic mass is 19.4. The summed E-state index contributed by atoms with van der Waals surface area (Å²) in [7, 11) is 0. The molecule has 1 aromatic carbocycles. The van der Waals surface area contributed by atoms with Crippen molar-refractivity contribution >= 4 is 0 Å². The van der Waals surface area contributed by atoms with E-state index in [1.807, 2.05) is 6.92 Å². The quantitative estimate of drug-likeness (QED) is 0.796. The minimum Gasteiger partial charge on any atom is -0.321 e. The fourth-order valence-electron chi connectivity index (χ4n) is 2.34. The number of benzene rings is 1. The van der Waals surface area contributed by atoms with Crippen LogP contribution in [-0.4, -0.2) is 0 Å². The Hall–Kier alpha value is -1.10. The SMILES string of the molecule is CCC1CC1(N)c1cc(F)ccc1C(F)(F)F. The van der Waals surface area contributed by atoms with Crippen molar-refractivity contribution < 1.29 is 17.6 Å². The molecule has 0 aliphatic heterocycles. The molecular weight excluding hydrogens is 234 g/mol. The van der Waals surface area contributed by atoms with Crippen LogP contribution in [0, 0.1) is 11.7 Å². The molecule has 94 valence electrons. The Kier molecular flexibility index (Phi) is 2.69. The van der Waals surface area contributed by atoms with Gasteiger partial charge in [-0.25, -0.2) is 4.39 Å². The summed E-state index contributed by atoms with van der Waals surface area (Å²) in [4.78, 5) is 0. The summed E-state index contributed by atoms with van der Waals surface area (Å²) in [5, 5.41) is 0. The molecule has 17 heavy (non-hydrogen) atoms. The normalized spacial score (nSPS) is 28.2. The maximum Gasteiger partial charge on any atom is 0.416 e. The Morgan fingerprint density at radius 1 is 1.41 bits per heavy atom. The molecule has 0 bridgehead atoms. The van der Waals surface area contributed by atoms with Crippen LogP contribution in [0.2, 0.25) is 0 Å². The molecule has 0 amide bonds. The van der Waals surface area contributed by atoms with Crippen molar-refractivity contribution in [3.63, 3.8) is 0 Å². The summed E-state index contributed by atoms with van der Waals surface area (Å²) >= 11 is 0. The maximum absolute atomic E-state index is 13.1. The van der Waals surface area contributed by atoms with E-state index in [9.17, 15) is 17.6 Å². The van der Waals surface area contributed by atoms with E-state index in [0.717, 1.165) is 18.2 Å². The molecule has 1 fully saturated rings. The fraction of sp³-hybridized carbons (Fsp3) is 0.500. The summed E-state index contributed by atoms with van der Waals surface area (Å²) in [6.45, 7) is 1.87. The van der Waals surface area contributed by atoms with Gasteiger partial charge in [-0.15, -0.1) is 0 Å². The fourth-order valence-corrected chi connectivity index (χ4v) is 2.34. The van der Waals surface area contributed by atoms with Crippen LogP contribution in [-0.2, 0) is 11.7 Å². The van der Waals surface area contributed by atoms with Gasteiger partial charge < -0.3 is 5.73 Å². The van der Waals surface area contributed by atoms with Crippen LogP contribution in [0.1, 0.15) is 30.9 Å². The first kappa shape index (κ1) is 12.4. The van der Waals surface area contributed by atoms with Gasteiger partial charge in [-0.2, -0.15) is 13.2 Å². The van der Waals surface area contributed by atoms with Crippen LogP contribution in [0.15, 0.2) is 18.2 Å². The van der Waals surface area contributed by atoms with Gasteiger partial charge >= 0.3 is 6.18 Å². The van der Waals surface area contributed by atoms with Crippen LogP contribution in [0.4, 0.5) is 17.6 Å². The topological polar surface area (TPSA) is 26.0 Å². The molecule has 1 aromatic rings. The van der Waals surface area contributed by atoms with Crippen LogP contribution in [0.5, 0.6) is 0 Å². The standard InChI is InChI=1S/C12H13F4N/c1-2-7-6-11(7,17)10-5-8(13)3-4-9(10)12(14,15)16/h3-5,7H,2,6,17H2,1H3. The zero-order chi connectivity index (χ0) is 12.8. The molecule has 1 nitrogen and oxygen atoms in total. The molecule has 1 aliphatic rings. The molecule has 2 unspecified atom stereocenters. The smallest absolute Gasteiger partial charge is 0.321 e. The van der Waals surface area contributed by atoms with Crippen molar-refractivity contribution in [1.82, 2.24) is 0 Å². The lowest BCUT2D eigenvalue weighted by molar-refractivity contribution is -0.138. The van der Waals surface area contributed by atoms with E-state index in [1.165, 1.54) is 0 Å². The zero-order valence-electron chi connectivity index (χ0n) is 9.31. The summed E-state index contributed by atoms with van der Waals surface area (Å²) in [5.41, 5.74) is 3.97. The van der Waals surface area contributed by atoms with Gasteiger partial charge in [0.05, 0.1) is 5.56 Å². The largest absolute Gasteiger partial charge is 0.416 e. The molecule has 2 N–H and O–H groups in total. The number of rotatable bonds is 2. The van der Waals surface area contributed by atoms with E-state index in [1.54, 1.807) is 0 Å². The van der Waals surface area contributed by atoms with Crippen molar-refractivity contribution in [1.29, 1.82) is 0 Å². The van der Waals surface area contributed by atoms with Crippen molar-refractivity contribution in [3.8, 4) is 0 Å². The molecule has 2 atom stereocenters. The lowest BCUT2D eigenvalue weighted by Crippen LogP contribution is -2.26. The van der Waals surface area contributed by atoms with Crippen molar-refractivity contribution in [3.05, 3.63) is 35.1 Å². The predicted octanol–water partition coefficient (Wildman–Crippen LogP) is 3.43. The van der Waals surface area contributed by atoms with Crippen LogP contribution in [0.25, 0.3) is 0 Å². The highest BCUT2D eigenvalue weighted by Gasteiger charge is 2.54. The van der Waals surface area contributed by atoms with Crippen LogP contribution < -0.4 is 5.73 Å². The first-order valence-electron chi connectivity index (χ1n) is 5.45. The van der Waals surface area contributed by atoms with Crippen LogP contribution in [0.3, 0.4) is 0 Å².